The zero-order chi connectivity index (χ0) is 92.8. The number of aromatic amines is 1. The highest BCUT2D eigenvalue weighted by Crippen LogP contribution is 2.39. The maximum absolute atomic E-state index is 12.8. The van der Waals surface area contributed by atoms with Gasteiger partial charge in [-0.15, -0.1) is 0 Å². The summed E-state index contributed by atoms with van der Waals surface area (Å²) in [4.78, 5) is 153. The molecule has 1 fully saturated rings. The first-order valence-corrected chi connectivity index (χ1v) is 42.8. The van der Waals surface area contributed by atoms with Crippen molar-refractivity contribution >= 4 is 68.8 Å². The lowest BCUT2D eigenvalue weighted by molar-refractivity contribution is -0.0802. The fourth-order valence-electron chi connectivity index (χ4n) is 14.9. The third-order valence-electron chi connectivity index (χ3n) is 21.9. The van der Waals surface area contributed by atoms with Crippen molar-refractivity contribution in [1.82, 2.24) is 81.8 Å². The van der Waals surface area contributed by atoms with Gasteiger partial charge in [0.05, 0.1) is 90.2 Å². The molecule has 0 aliphatic carbocycles. The summed E-state index contributed by atoms with van der Waals surface area (Å²) in [5.41, 5.74) is 4.70. The summed E-state index contributed by atoms with van der Waals surface area (Å²) in [6.45, 7) is 7.51. The smallest absolute Gasteiger partial charge is 0.352 e. The molecular weight excluding hydrogens is 1700 g/mol. The molecule has 46 heteroatoms. The molecule has 684 valence electrons. The number of aromatic nitrogens is 17. The lowest BCUT2D eigenvalue weighted by Crippen LogP contribution is -2.43. The second-order valence-electron chi connectivity index (χ2n) is 31.4. The summed E-state index contributed by atoms with van der Waals surface area (Å²) in [5.74, 6) is 0.885. The van der Waals surface area contributed by atoms with Gasteiger partial charge in [0, 0.05) is 116 Å². The molecule has 0 saturated carbocycles. The van der Waals surface area contributed by atoms with Crippen molar-refractivity contribution in [2.75, 3.05) is 95.2 Å². The van der Waals surface area contributed by atoms with Gasteiger partial charge < -0.3 is 114 Å². The summed E-state index contributed by atoms with van der Waals surface area (Å²) in [6.07, 6.45) is -7.72. The van der Waals surface area contributed by atoms with Gasteiger partial charge in [-0.1, -0.05) is 6.07 Å². The standard InChI is InChI=1S/C24H28N6O6.C21H27N5O6.C19H26N5O5P.C18H20N4O8/c1-13-9-16-17(10-15(13)26-8-6-14-5-3-4-7-25-14)30(11-18(32)21(34)19(33)12-31)22-20(27-16)23(35)29(2)24(36)28-22;1-11-7-12-14(8-13(11)25-5-3-4-6-25)26(9-15(28)18(30)16(29)10-27)19-17(22-12)20(31)24(2)21(32)23-19;1-12-10-13-15(11-14(12)23(2)3)24(8-6-5-7-9-29-30(4,27)28)17-16(20-13)18(25)22-19(26)21-17;1-21-17(27)14-16(20-18(21)28)22(6-10(24)15(26)11(25)7-23)9-5-13-12(4-8(9)19-14)29-2-3-30-13/h3-5,7,9-10,18-19,21,26,31-34H,6,8,11-12H2,1-2H3;7-8,15-16,18,27-30H,3-6,9-10H2,1-2H3;10-11H,5-9H2,1-4H3,(H,27,28)(H,22,25,26);4-5,10-11,15,23-26H,2-3,6-7H2,1H3/t18-,19+,21-;15-,16+,18-;;10-,11+,15-/m00.0/s1. The van der Waals surface area contributed by atoms with E-state index >= 15 is 0 Å². The average Bonchev–Trinajstić information content (AvgIpc) is 1.02. The Labute approximate surface area is 725 Å². The molecule has 0 spiro atoms. The zero-order valence-corrected chi connectivity index (χ0v) is 72.2. The molecule has 15 N–H and O–H groups in total. The number of unbranched alkanes of at least 4 members (excludes halogenated alkanes) is 2. The minimum absolute atomic E-state index is 0.0217. The van der Waals surface area contributed by atoms with Gasteiger partial charge in [0.25, 0.3) is 22.2 Å². The van der Waals surface area contributed by atoms with Gasteiger partial charge in [-0.2, -0.15) is 19.9 Å². The van der Waals surface area contributed by atoms with Crippen LogP contribution in [-0.2, 0) is 62.8 Å². The molecule has 11 heterocycles. The van der Waals surface area contributed by atoms with Crippen molar-refractivity contribution in [3.05, 3.63) is 179 Å². The monoisotopic (exact) mass is 1800 g/mol. The minimum atomic E-state index is -3.47. The number of ether oxygens (including phenoxy) is 2. The van der Waals surface area contributed by atoms with E-state index in [9.17, 15) is 93.8 Å². The highest BCUT2D eigenvalue weighted by atomic mass is 31.2. The van der Waals surface area contributed by atoms with Crippen LogP contribution in [-0.4, -0.2) is 283 Å². The zero-order valence-electron chi connectivity index (χ0n) is 71.3. The Hall–Kier alpha value is -12.2. The van der Waals surface area contributed by atoms with Crippen molar-refractivity contribution in [3.63, 3.8) is 0 Å². The number of aryl methyl sites for hydroxylation is 4. The molecule has 0 amide bonds. The Morgan fingerprint density at radius 3 is 1.42 bits per heavy atom. The third kappa shape index (κ3) is 20.8. The normalized spacial score (nSPS) is 15.4. The Balaban J connectivity index is 0.000000155. The fourth-order valence-corrected chi connectivity index (χ4v) is 15.4. The van der Waals surface area contributed by atoms with Gasteiger partial charge in [-0.25, -0.2) is 39.1 Å². The Kier molecular flexibility index (Phi) is 30.0. The van der Waals surface area contributed by atoms with Gasteiger partial charge in [0.15, 0.2) is 57.6 Å². The minimum Gasteiger partial charge on any atom is -0.486 e. The predicted molar refractivity (Wildman–Crippen MR) is 466 cm³/mol. The Bertz CT molecular complexity index is 6650. The van der Waals surface area contributed by atoms with Crippen LogP contribution >= 0.6 is 7.60 Å². The van der Waals surface area contributed by atoms with Crippen LogP contribution in [0.2, 0.25) is 0 Å². The van der Waals surface area contributed by atoms with Crippen LogP contribution in [0.25, 0.3) is 90.2 Å². The van der Waals surface area contributed by atoms with E-state index in [0.29, 0.717) is 95.7 Å². The first-order valence-electron chi connectivity index (χ1n) is 40.8. The molecular formula is C82H101N20O25P. The van der Waals surface area contributed by atoms with E-state index < -0.39 is 127 Å². The lowest BCUT2D eigenvalue weighted by Gasteiger charge is -2.26. The van der Waals surface area contributed by atoms with Gasteiger partial charge in [0.2, 0.25) is 0 Å². The van der Waals surface area contributed by atoms with Gasteiger partial charge in [0.1, 0.15) is 68.1 Å². The molecule has 1 saturated heterocycles. The maximum Gasteiger partial charge on any atom is 0.352 e. The Morgan fingerprint density at radius 2 is 0.953 bits per heavy atom. The van der Waals surface area contributed by atoms with Crippen molar-refractivity contribution in [2.45, 2.75) is 140 Å². The van der Waals surface area contributed by atoms with Crippen molar-refractivity contribution in [2.24, 2.45) is 21.1 Å². The van der Waals surface area contributed by atoms with Crippen LogP contribution in [0, 0.1) is 20.8 Å². The van der Waals surface area contributed by atoms with Crippen LogP contribution in [0.4, 0.5) is 17.1 Å². The number of H-pyrrole nitrogens is 1. The number of hydrogen-bond acceptors (Lipinski definition) is 36. The van der Waals surface area contributed by atoms with E-state index in [-0.39, 0.29) is 72.3 Å². The average molecular weight is 1800 g/mol. The summed E-state index contributed by atoms with van der Waals surface area (Å²) >= 11 is 0. The molecule has 0 bridgehead atoms. The molecule has 10 aliphatic heterocycles. The van der Waals surface area contributed by atoms with E-state index in [1.807, 2.05) is 86.8 Å². The predicted octanol–water partition coefficient (Wildman–Crippen LogP) is -2.99. The van der Waals surface area contributed by atoms with Gasteiger partial charge in [-0.05, 0) is 118 Å². The molecule has 0 radical (unpaired) electrons. The van der Waals surface area contributed by atoms with Crippen molar-refractivity contribution in [3.8, 4) is 57.6 Å². The Morgan fingerprint density at radius 1 is 0.516 bits per heavy atom. The topological polar surface area (TPSA) is 629 Å². The van der Waals surface area contributed by atoms with E-state index in [2.05, 4.69) is 60.1 Å². The van der Waals surface area contributed by atoms with Gasteiger partial charge >= 0.3 is 30.4 Å². The molecule has 4 aromatic carbocycles. The van der Waals surface area contributed by atoms with Crippen molar-refractivity contribution in [1.29, 1.82) is 0 Å². The molecule has 5 aromatic rings. The molecule has 1 aromatic heterocycles. The molecule has 128 heavy (non-hydrogen) atoms. The number of nitrogens with zero attached hydrogens (tertiary/aromatic N) is 18. The summed E-state index contributed by atoms with van der Waals surface area (Å²) in [6, 6.07) is 20.0. The molecule has 45 nitrogen and oxygen atoms in total. The lowest BCUT2D eigenvalue weighted by atomic mass is 10.1. The number of aliphatic hydroxyl groups excluding tert-OH is 12. The van der Waals surface area contributed by atoms with Crippen LogP contribution in [0.15, 0.2) is 111 Å². The molecule has 15 rings (SSSR count). The first-order chi connectivity index (χ1) is 60.8. The van der Waals surface area contributed by atoms with Crippen LogP contribution in [0.1, 0.15) is 54.5 Å². The van der Waals surface area contributed by atoms with E-state index in [1.165, 1.54) is 34.8 Å². The quantitative estimate of drug-likeness (QED) is 0.0132. The fraction of sp³-hybridized carbons (Fsp3) is 0.451. The SMILES string of the molecule is Cc1cc2nc3c(=O)[nH]c(=O)nc-3n(CCCCCOP(C)(=O)O)c2cc1N(C)C.Cc1cc2nc3c(=O)n(C)c(=O)nc-3n(C[C@H](O)[C@H](O)[C@H](O)CO)c2cc1N1CCCC1.Cc1cc2nc3c(=O)n(C)c(=O)nc-3n(C[C@H](O)[C@H](O)[C@H](O)CO)c2cc1NCCc1ccccn1.Cn1c(=O)nc2n(C[C@H](O)[C@H](O)[C@H](O)CO)c3cc4c(cc3nc-2c1=O)OCCO4. The number of anilines is 3. The number of rotatable bonds is 28. The molecule has 1 unspecified atom stereocenters. The number of aliphatic hydroxyl groups is 12. The maximum atomic E-state index is 12.8. The number of hydrogen-bond donors (Lipinski definition) is 15. The first kappa shape index (κ1) is 94.9. The van der Waals surface area contributed by atoms with E-state index in [1.54, 1.807) is 30.5 Å². The largest absolute Gasteiger partial charge is 0.486 e. The van der Waals surface area contributed by atoms with Crippen molar-refractivity contribution < 1.29 is 84.7 Å². The number of fused-ring (bicyclic) bond motifs is 9. The van der Waals surface area contributed by atoms with E-state index in [0.717, 1.165) is 97.7 Å². The van der Waals surface area contributed by atoms with Crippen LogP contribution in [0.5, 0.6) is 11.5 Å². The third-order valence-corrected chi connectivity index (χ3v) is 22.5. The van der Waals surface area contributed by atoms with Crippen LogP contribution < -0.4 is 69.6 Å². The summed E-state index contributed by atoms with van der Waals surface area (Å²) < 4.78 is 35.8. The second kappa shape index (κ2) is 40.4. The second-order valence-corrected chi connectivity index (χ2v) is 33.2. The van der Waals surface area contributed by atoms with Gasteiger partial charge in [-0.3, -0.25) is 47.4 Å². The molecule has 10 aliphatic rings. The summed E-state index contributed by atoms with van der Waals surface area (Å²) in [7, 11) is 4.30. The highest BCUT2D eigenvalue weighted by molar-refractivity contribution is 7.51. The number of nitrogens with one attached hydrogen (secondary N) is 2. The highest BCUT2D eigenvalue weighted by Gasteiger charge is 2.34. The van der Waals surface area contributed by atoms with E-state index in [4.69, 9.17) is 29.3 Å². The number of benzene rings is 4. The molecule has 10 atom stereocenters. The number of pyridine rings is 1. The van der Waals surface area contributed by atoms with Crippen LogP contribution in [0.3, 0.4) is 0 Å². The summed E-state index contributed by atoms with van der Waals surface area (Å²) in [5, 5.41) is 122.